The summed E-state index contributed by atoms with van der Waals surface area (Å²) in [5.74, 6) is 0.561. The predicted octanol–water partition coefficient (Wildman–Crippen LogP) is 2.56. The minimum absolute atomic E-state index is 0.0254. The van der Waals surface area contributed by atoms with Crippen LogP contribution < -0.4 is 14.8 Å². The number of esters is 1. The van der Waals surface area contributed by atoms with Crippen molar-refractivity contribution < 1.29 is 28.6 Å². The number of benzene rings is 2. The molecular formula is C26H33N3O6. The predicted molar refractivity (Wildman–Crippen MR) is 131 cm³/mol. The Hall–Kier alpha value is -3.59. The van der Waals surface area contributed by atoms with Gasteiger partial charge in [0, 0.05) is 37.3 Å². The molecule has 0 aliphatic carbocycles. The Morgan fingerprint density at radius 2 is 1.57 bits per heavy atom. The lowest BCUT2D eigenvalue weighted by atomic mass is 9.95. The average Bonchev–Trinajstić information content (AvgIpc) is 2.88. The largest absolute Gasteiger partial charge is 0.497 e. The molecule has 0 saturated carbocycles. The molecule has 1 saturated heterocycles. The van der Waals surface area contributed by atoms with Gasteiger partial charge in [0.1, 0.15) is 11.5 Å². The molecule has 1 aliphatic rings. The summed E-state index contributed by atoms with van der Waals surface area (Å²) in [5.41, 5.74) is 1.61. The highest BCUT2D eigenvalue weighted by atomic mass is 16.5. The highest BCUT2D eigenvalue weighted by Gasteiger charge is 2.28. The molecule has 9 nitrogen and oxygen atoms in total. The topological polar surface area (TPSA) is 97.4 Å². The van der Waals surface area contributed by atoms with Crippen molar-refractivity contribution in [1.29, 1.82) is 0 Å². The van der Waals surface area contributed by atoms with Gasteiger partial charge in [0.25, 0.3) is 0 Å². The van der Waals surface area contributed by atoms with Crippen LogP contribution in [0.1, 0.15) is 18.4 Å². The summed E-state index contributed by atoms with van der Waals surface area (Å²) in [5, 5.41) is 2.94. The third-order valence-corrected chi connectivity index (χ3v) is 6.02. The lowest BCUT2D eigenvalue weighted by molar-refractivity contribution is -0.143. The van der Waals surface area contributed by atoms with Gasteiger partial charge in [-0.15, -0.1) is 0 Å². The van der Waals surface area contributed by atoms with Crippen molar-refractivity contribution in [3.05, 3.63) is 54.1 Å². The van der Waals surface area contributed by atoms with Crippen LogP contribution in [0.4, 0.5) is 5.69 Å². The summed E-state index contributed by atoms with van der Waals surface area (Å²) < 4.78 is 15.5. The Balaban J connectivity index is 1.59. The second-order valence-corrected chi connectivity index (χ2v) is 8.45. The van der Waals surface area contributed by atoms with Gasteiger partial charge in [-0.2, -0.15) is 0 Å². The van der Waals surface area contributed by atoms with Gasteiger partial charge >= 0.3 is 5.97 Å². The van der Waals surface area contributed by atoms with E-state index in [4.69, 9.17) is 14.2 Å². The maximum Gasteiger partial charge on any atom is 0.319 e. The average molecular weight is 484 g/mol. The van der Waals surface area contributed by atoms with Crippen LogP contribution in [0.2, 0.25) is 0 Å². The number of nitrogens with zero attached hydrogens (tertiary/aromatic N) is 2. The first-order valence-electron chi connectivity index (χ1n) is 11.6. The van der Waals surface area contributed by atoms with Crippen LogP contribution in [0.25, 0.3) is 0 Å². The molecular weight excluding hydrogens is 450 g/mol. The number of hydrogen-bond donors (Lipinski definition) is 1. The standard InChI is InChI=1S/C26H33N3O6/c1-33-22-13-19(14-23(15-22)34-2)16-28(18-25(31)35-3)17-24(30)29-11-9-20(10-12-29)26(32)27-21-7-5-4-6-8-21/h4-8,13-15,20H,9-12,16-18H2,1-3H3,(H,27,32). The number of para-hydroxylation sites is 1. The molecule has 0 atom stereocenters. The van der Waals surface area contributed by atoms with E-state index in [0.29, 0.717) is 44.0 Å². The fraction of sp³-hybridized carbons (Fsp3) is 0.423. The van der Waals surface area contributed by atoms with Crippen molar-refractivity contribution in [3.8, 4) is 11.5 Å². The van der Waals surface area contributed by atoms with E-state index in [-0.39, 0.29) is 30.8 Å². The lowest BCUT2D eigenvalue weighted by Crippen LogP contribution is -2.46. The number of nitrogens with one attached hydrogen (secondary N) is 1. The van der Waals surface area contributed by atoms with Gasteiger partial charge < -0.3 is 24.4 Å². The van der Waals surface area contributed by atoms with Gasteiger partial charge in [-0.3, -0.25) is 19.3 Å². The number of ether oxygens (including phenoxy) is 3. The van der Waals surface area contributed by atoms with E-state index in [1.54, 1.807) is 30.1 Å². The van der Waals surface area contributed by atoms with Gasteiger partial charge in [0.15, 0.2) is 0 Å². The summed E-state index contributed by atoms with van der Waals surface area (Å²) in [4.78, 5) is 41.1. The van der Waals surface area contributed by atoms with E-state index < -0.39 is 5.97 Å². The van der Waals surface area contributed by atoms with Crippen LogP contribution in [0.3, 0.4) is 0 Å². The molecule has 188 valence electrons. The van der Waals surface area contributed by atoms with Crippen LogP contribution in [-0.4, -0.2) is 75.1 Å². The van der Waals surface area contributed by atoms with Gasteiger partial charge in [0.05, 0.1) is 34.4 Å². The third-order valence-electron chi connectivity index (χ3n) is 6.02. The Bertz CT molecular complexity index is 983. The van der Waals surface area contributed by atoms with E-state index in [1.165, 1.54) is 7.11 Å². The number of methoxy groups -OCH3 is 3. The zero-order valence-electron chi connectivity index (χ0n) is 20.5. The first kappa shape index (κ1) is 26.0. The Morgan fingerprint density at radius 3 is 2.14 bits per heavy atom. The number of anilines is 1. The van der Waals surface area contributed by atoms with Crippen molar-refractivity contribution in [2.75, 3.05) is 52.8 Å². The van der Waals surface area contributed by atoms with Crippen LogP contribution >= 0.6 is 0 Å². The van der Waals surface area contributed by atoms with E-state index in [0.717, 1.165) is 11.3 Å². The van der Waals surface area contributed by atoms with Crippen molar-refractivity contribution in [3.63, 3.8) is 0 Å². The maximum absolute atomic E-state index is 13.1. The van der Waals surface area contributed by atoms with Gasteiger partial charge in [-0.1, -0.05) is 18.2 Å². The van der Waals surface area contributed by atoms with Crippen LogP contribution in [0, 0.1) is 5.92 Å². The molecule has 35 heavy (non-hydrogen) atoms. The molecule has 1 heterocycles. The van der Waals surface area contributed by atoms with Crippen molar-refractivity contribution >= 4 is 23.5 Å². The molecule has 1 N–H and O–H groups in total. The van der Waals surface area contributed by atoms with Crippen LogP contribution in [-0.2, 0) is 25.7 Å². The SMILES string of the molecule is COC(=O)CN(CC(=O)N1CCC(C(=O)Nc2ccccc2)CC1)Cc1cc(OC)cc(OC)c1. The molecule has 3 rings (SSSR count). The number of rotatable bonds is 10. The number of carbonyl (C=O) groups is 3. The second kappa shape index (κ2) is 12.8. The summed E-state index contributed by atoms with van der Waals surface area (Å²) in [7, 11) is 4.46. The van der Waals surface area contributed by atoms with E-state index in [1.807, 2.05) is 42.5 Å². The molecule has 0 unspecified atom stereocenters. The highest BCUT2D eigenvalue weighted by Crippen LogP contribution is 2.24. The Kier molecular flexibility index (Phi) is 9.48. The van der Waals surface area contributed by atoms with Gasteiger partial charge in [0.2, 0.25) is 11.8 Å². The van der Waals surface area contributed by atoms with Crippen molar-refractivity contribution in [2.45, 2.75) is 19.4 Å². The summed E-state index contributed by atoms with van der Waals surface area (Å²) >= 11 is 0. The fourth-order valence-electron chi connectivity index (χ4n) is 4.08. The molecule has 0 radical (unpaired) electrons. The minimum Gasteiger partial charge on any atom is -0.497 e. The summed E-state index contributed by atoms with van der Waals surface area (Å²) in [6.07, 6.45) is 1.18. The van der Waals surface area contributed by atoms with E-state index in [9.17, 15) is 14.4 Å². The number of likely N-dealkylation sites (tertiary alicyclic amines) is 1. The highest BCUT2D eigenvalue weighted by molar-refractivity contribution is 5.92. The molecule has 0 spiro atoms. The van der Waals surface area contributed by atoms with Crippen molar-refractivity contribution in [2.24, 2.45) is 5.92 Å². The fourth-order valence-corrected chi connectivity index (χ4v) is 4.08. The summed E-state index contributed by atoms with van der Waals surface area (Å²) in [6, 6.07) is 14.8. The zero-order valence-corrected chi connectivity index (χ0v) is 20.5. The smallest absolute Gasteiger partial charge is 0.319 e. The maximum atomic E-state index is 13.1. The molecule has 1 aliphatic heterocycles. The second-order valence-electron chi connectivity index (χ2n) is 8.45. The quantitative estimate of drug-likeness (QED) is 0.519. The molecule has 0 bridgehead atoms. The molecule has 1 fully saturated rings. The first-order chi connectivity index (χ1) is 16.9. The molecule has 2 amide bonds. The monoisotopic (exact) mass is 483 g/mol. The van der Waals surface area contributed by atoms with Gasteiger partial charge in [-0.25, -0.2) is 0 Å². The van der Waals surface area contributed by atoms with Crippen molar-refractivity contribution in [1.82, 2.24) is 9.80 Å². The molecule has 2 aromatic rings. The molecule has 9 heteroatoms. The van der Waals surface area contributed by atoms with Crippen LogP contribution in [0.5, 0.6) is 11.5 Å². The lowest BCUT2D eigenvalue weighted by Gasteiger charge is -2.33. The first-order valence-corrected chi connectivity index (χ1v) is 11.6. The number of carbonyl (C=O) groups excluding carboxylic acids is 3. The zero-order chi connectivity index (χ0) is 25.2. The Morgan fingerprint density at radius 1 is 0.943 bits per heavy atom. The van der Waals surface area contributed by atoms with E-state index in [2.05, 4.69) is 5.32 Å². The number of amides is 2. The third kappa shape index (κ3) is 7.71. The number of piperidine rings is 1. The number of hydrogen-bond acceptors (Lipinski definition) is 7. The minimum atomic E-state index is -0.427. The Labute approximate surface area is 205 Å². The normalized spacial score (nSPS) is 13.9. The van der Waals surface area contributed by atoms with Gasteiger partial charge in [-0.05, 0) is 42.7 Å². The summed E-state index contributed by atoms with van der Waals surface area (Å²) in [6.45, 7) is 1.34. The van der Waals surface area contributed by atoms with E-state index >= 15 is 0 Å². The molecule has 2 aromatic carbocycles. The molecule has 0 aromatic heterocycles. The van der Waals surface area contributed by atoms with Crippen LogP contribution in [0.15, 0.2) is 48.5 Å².